The molecule has 0 aliphatic rings. The summed E-state index contributed by atoms with van der Waals surface area (Å²) >= 11 is 8.35. The molecule has 0 aliphatic heterocycles. The average Bonchev–Trinajstić information content (AvgIpc) is 2.72. The fraction of sp³-hybridized carbons (Fsp3) is 0.231. The summed E-state index contributed by atoms with van der Waals surface area (Å²) in [5.74, 6) is 0.909. The van der Waals surface area contributed by atoms with Gasteiger partial charge in [-0.1, -0.05) is 11.6 Å². The number of halogens is 2. The standard InChI is InChI=1S/C13H14ClIN2O/c1-17(2)12-5-3-9(7-11(12)14)16-8-10-4-6-13(15)18-10/h3-7,16H,8H2,1-2H3. The molecule has 18 heavy (non-hydrogen) atoms. The minimum Gasteiger partial charge on any atom is -0.454 e. The molecule has 0 amide bonds. The first-order valence-corrected chi connectivity index (χ1v) is 6.97. The minimum absolute atomic E-state index is 0.653. The quantitative estimate of drug-likeness (QED) is 0.810. The lowest BCUT2D eigenvalue weighted by atomic mass is 10.2. The fourth-order valence-electron chi connectivity index (χ4n) is 1.62. The van der Waals surface area contributed by atoms with E-state index < -0.39 is 0 Å². The Balaban J connectivity index is 2.04. The summed E-state index contributed by atoms with van der Waals surface area (Å²) < 4.78 is 6.37. The van der Waals surface area contributed by atoms with E-state index >= 15 is 0 Å². The Morgan fingerprint density at radius 2 is 2.06 bits per heavy atom. The van der Waals surface area contributed by atoms with Gasteiger partial charge in [0.2, 0.25) is 0 Å². The van der Waals surface area contributed by atoms with E-state index in [1.807, 2.05) is 49.3 Å². The molecule has 1 N–H and O–H groups in total. The van der Waals surface area contributed by atoms with Crippen LogP contribution in [-0.4, -0.2) is 14.1 Å². The van der Waals surface area contributed by atoms with Gasteiger partial charge in [-0.3, -0.25) is 0 Å². The highest BCUT2D eigenvalue weighted by Crippen LogP contribution is 2.27. The van der Waals surface area contributed by atoms with Crippen molar-refractivity contribution < 1.29 is 4.42 Å². The van der Waals surface area contributed by atoms with Crippen LogP contribution in [0.15, 0.2) is 34.7 Å². The highest BCUT2D eigenvalue weighted by atomic mass is 127. The Labute approximate surface area is 125 Å². The second kappa shape index (κ2) is 5.84. The van der Waals surface area contributed by atoms with E-state index in [4.69, 9.17) is 16.0 Å². The molecule has 2 aromatic rings. The average molecular weight is 377 g/mol. The Kier molecular flexibility index (Phi) is 4.40. The molecule has 5 heteroatoms. The van der Waals surface area contributed by atoms with Gasteiger partial charge in [-0.05, 0) is 52.9 Å². The Morgan fingerprint density at radius 1 is 1.28 bits per heavy atom. The predicted octanol–water partition coefficient (Wildman–Crippen LogP) is 4.22. The first kappa shape index (κ1) is 13.5. The molecule has 0 aliphatic carbocycles. The van der Waals surface area contributed by atoms with Crippen LogP contribution in [0.4, 0.5) is 11.4 Å². The maximum atomic E-state index is 6.20. The van der Waals surface area contributed by atoms with Gasteiger partial charge in [0, 0.05) is 19.8 Å². The molecule has 1 aromatic heterocycles. The largest absolute Gasteiger partial charge is 0.454 e. The highest BCUT2D eigenvalue weighted by Gasteiger charge is 2.04. The topological polar surface area (TPSA) is 28.4 Å². The third-order valence-corrected chi connectivity index (χ3v) is 3.41. The lowest BCUT2D eigenvalue weighted by Gasteiger charge is -2.15. The monoisotopic (exact) mass is 376 g/mol. The van der Waals surface area contributed by atoms with Crippen LogP contribution < -0.4 is 10.2 Å². The summed E-state index contributed by atoms with van der Waals surface area (Å²) in [6.07, 6.45) is 0. The molecule has 0 fully saturated rings. The van der Waals surface area contributed by atoms with E-state index in [9.17, 15) is 0 Å². The van der Waals surface area contributed by atoms with Gasteiger partial charge in [-0.15, -0.1) is 0 Å². The van der Waals surface area contributed by atoms with Crippen molar-refractivity contribution in [2.45, 2.75) is 6.54 Å². The number of hydrogen-bond donors (Lipinski definition) is 1. The lowest BCUT2D eigenvalue weighted by Crippen LogP contribution is -2.09. The molecule has 0 radical (unpaired) electrons. The van der Waals surface area contributed by atoms with Crippen LogP contribution in [0, 0.1) is 3.77 Å². The second-order valence-corrected chi connectivity index (χ2v) is 5.59. The van der Waals surface area contributed by atoms with E-state index in [2.05, 4.69) is 27.9 Å². The summed E-state index contributed by atoms with van der Waals surface area (Å²) in [6, 6.07) is 9.83. The molecule has 0 spiro atoms. The summed E-state index contributed by atoms with van der Waals surface area (Å²) in [5.41, 5.74) is 1.99. The van der Waals surface area contributed by atoms with E-state index in [0.717, 1.165) is 25.9 Å². The summed E-state index contributed by atoms with van der Waals surface area (Å²) in [4.78, 5) is 1.99. The van der Waals surface area contributed by atoms with E-state index in [1.54, 1.807) is 0 Å². The number of benzene rings is 1. The Hall–Kier alpha value is -0.880. The van der Waals surface area contributed by atoms with Crippen LogP contribution in [0.1, 0.15) is 5.76 Å². The van der Waals surface area contributed by atoms with Crippen molar-refractivity contribution in [1.29, 1.82) is 0 Å². The molecule has 1 heterocycles. The fourth-order valence-corrected chi connectivity index (χ4v) is 2.43. The first-order chi connectivity index (χ1) is 8.56. The van der Waals surface area contributed by atoms with Crippen LogP contribution in [-0.2, 0) is 6.54 Å². The van der Waals surface area contributed by atoms with Gasteiger partial charge in [0.25, 0.3) is 0 Å². The molecule has 0 saturated heterocycles. The van der Waals surface area contributed by atoms with Gasteiger partial charge in [-0.2, -0.15) is 0 Å². The number of nitrogens with zero attached hydrogens (tertiary/aromatic N) is 1. The molecule has 0 atom stereocenters. The molecule has 1 aromatic carbocycles. The smallest absolute Gasteiger partial charge is 0.164 e. The number of anilines is 2. The molecule has 0 bridgehead atoms. The van der Waals surface area contributed by atoms with Crippen LogP contribution in [0.3, 0.4) is 0 Å². The molecular formula is C13H14ClIN2O. The molecule has 0 unspecified atom stereocenters. The Morgan fingerprint density at radius 3 is 2.61 bits per heavy atom. The molecule has 3 nitrogen and oxygen atoms in total. The van der Waals surface area contributed by atoms with Crippen LogP contribution in [0.2, 0.25) is 5.02 Å². The normalized spacial score (nSPS) is 10.4. The molecular weight excluding hydrogens is 363 g/mol. The molecule has 0 saturated carbocycles. The van der Waals surface area contributed by atoms with Crippen molar-refractivity contribution in [2.24, 2.45) is 0 Å². The zero-order valence-electron chi connectivity index (χ0n) is 10.2. The van der Waals surface area contributed by atoms with Crippen molar-refractivity contribution in [3.63, 3.8) is 0 Å². The van der Waals surface area contributed by atoms with Gasteiger partial charge < -0.3 is 14.6 Å². The highest BCUT2D eigenvalue weighted by molar-refractivity contribution is 14.1. The number of rotatable bonds is 4. The summed E-state index contributed by atoms with van der Waals surface area (Å²) in [5, 5.41) is 4.02. The second-order valence-electron chi connectivity index (χ2n) is 4.12. The van der Waals surface area contributed by atoms with Crippen LogP contribution in [0.25, 0.3) is 0 Å². The van der Waals surface area contributed by atoms with Crippen molar-refractivity contribution in [1.82, 2.24) is 0 Å². The Bertz CT molecular complexity index is 540. The first-order valence-electron chi connectivity index (χ1n) is 5.51. The minimum atomic E-state index is 0.653. The molecule has 2 rings (SSSR count). The number of furan rings is 1. The number of hydrogen-bond acceptors (Lipinski definition) is 3. The van der Waals surface area contributed by atoms with Crippen molar-refractivity contribution >= 4 is 45.6 Å². The summed E-state index contributed by atoms with van der Waals surface area (Å²) in [6.45, 7) is 0.653. The summed E-state index contributed by atoms with van der Waals surface area (Å²) in [7, 11) is 3.94. The van der Waals surface area contributed by atoms with Crippen LogP contribution >= 0.6 is 34.2 Å². The van der Waals surface area contributed by atoms with E-state index in [1.165, 1.54) is 0 Å². The zero-order chi connectivity index (χ0) is 13.1. The van der Waals surface area contributed by atoms with Gasteiger partial charge >= 0.3 is 0 Å². The maximum absolute atomic E-state index is 6.20. The van der Waals surface area contributed by atoms with E-state index in [-0.39, 0.29) is 0 Å². The third kappa shape index (κ3) is 3.32. The van der Waals surface area contributed by atoms with Crippen molar-refractivity contribution in [3.05, 3.63) is 44.9 Å². The maximum Gasteiger partial charge on any atom is 0.164 e. The zero-order valence-corrected chi connectivity index (χ0v) is 13.1. The predicted molar refractivity (Wildman–Crippen MR) is 84.5 cm³/mol. The molecule has 96 valence electrons. The lowest BCUT2D eigenvalue weighted by molar-refractivity contribution is 0.493. The number of nitrogens with one attached hydrogen (secondary N) is 1. The van der Waals surface area contributed by atoms with Gasteiger partial charge in [0.05, 0.1) is 17.3 Å². The van der Waals surface area contributed by atoms with Gasteiger partial charge in [0.15, 0.2) is 3.77 Å². The van der Waals surface area contributed by atoms with Crippen molar-refractivity contribution in [3.8, 4) is 0 Å². The van der Waals surface area contributed by atoms with E-state index in [0.29, 0.717) is 6.54 Å². The van der Waals surface area contributed by atoms with Gasteiger partial charge in [-0.25, -0.2) is 0 Å². The third-order valence-electron chi connectivity index (χ3n) is 2.53. The van der Waals surface area contributed by atoms with Crippen LogP contribution in [0.5, 0.6) is 0 Å². The van der Waals surface area contributed by atoms with Crippen molar-refractivity contribution in [2.75, 3.05) is 24.3 Å². The van der Waals surface area contributed by atoms with Gasteiger partial charge in [0.1, 0.15) is 5.76 Å². The SMILES string of the molecule is CN(C)c1ccc(NCc2ccc(I)o2)cc1Cl.